The smallest absolute Gasteiger partial charge is 0.263 e. The van der Waals surface area contributed by atoms with Crippen molar-refractivity contribution in [3.8, 4) is 11.3 Å². The van der Waals surface area contributed by atoms with Gasteiger partial charge in [0.25, 0.3) is 5.71 Å². The lowest BCUT2D eigenvalue weighted by Crippen LogP contribution is -1.98. The predicted molar refractivity (Wildman–Crippen MR) is 92.3 cm³/mol. The third kappa shape index (κ3) is 2.68. The fourth-order valence-electron chi connectivity index (χ4n) is 2.42. The molecule has 0 saturated carbocycles. The van der Waals surface area contributed by atoms with Gasteiger partial charge in [-0.1, -0.05) is 35.0 Å². The average molecular weight is 338 g/mol. The van der Waals surface area contributed by atoms with Crippen LogP contribution in [0.3, 0.4) is 0 Å². The molecule has 24 heavy (non-hydrogen) atoms. The fraction of sp³-hybridized carbons (Fsp3) is 0.0588. The van der Waals surface area contributed by atoms with Crippen LogP contribution in [0, 0.1) is 6.92 Å². The highest BCUT2D eigenvalue weighted by Crippen LogP contribution is 2.32. The maximum absolute atomic E-state index is 5.96. The minimum absolute atomic E-state index is 0.408. The van der Waals surface area contributed by atoms with Crippen molar-refractivity contribution in [2.75, 3.05) is 5.32 Å². The first kappa shape index (κ1) is 14.6. The van der Waals surface area contributed by atoms with Crippen LogP contribution in [0.2, 0.25) is 5.02 Å². The number of pyridine rings is 1. The number of aryl methyl sites for hydroxylation is 1. The summed E-state index contributed by atoms with van der Waals surface area (Å²) < 4.78 is 5.34. The zero-order valence-corrected chi connectivity index (χ0v) is 13.4. The SMILES string of the molecule is Cc1cccc(Nc2ncnc3onc(-c4ccc(Cl)cc4)c23)n1. The zero-order valence-electron chi connectivity index (χ0n) is 12.7. The Labute approximate surface area is 142 Å². The van der Waals surface area contributed by atoms with Crippen LogP contribution in [0.5, 0.6) is 0 Å². The molecule has 7 heteroatoms. The minimum Gasteiger partial charge on any atom is -0.335 e. The number of halogens is 1. The molecule has 0 bridgehead atoms. The van der Waals surface area contributed by atoms with Crippen LogP contribution in [0.4, 0.5) is 11.6 Å². The van der Waals surface area contributed by atoms with Crippen LogP contribution in [0.25, 0.3) is 22.4 Å². The van der Waals surface area contributed by atoms with E-state index in [1.165, 1.54) is 6.33 Å². The van der Waals surface area contributed by atoms with Gasteiger partial charge in [-0.05, 0) is 31.2 Å². The number of benzene rings is 1. The molecule has 0 saturated heterocycles. The van der Waals surface area contributed by atoms with Crippen molar-refractivity contribution >= 4 is 34.3 Å². The molecule has 0 spiro atoms. The van der Waals surface area contributed by atoms with Crippen molar-refractivity contribution < 1.29 is 4.52 Å². The number of fused-ring (bicyclic) bond motifs is 1. The first-order valence-corrected chi connectivity index (χ1v) is 7.65. The van der Waals surface area contributed by atoms with Crippen LogP contribution in [0.15, 0.2) is 53.3 Å². The summed E-state index contributed by atoms with van der Waals surface area (Å²) in [6.07, 6.45) is 1.43. The molecule has 3 aromatic heterocycles. The second kappa shape index (κ2) is 5.90. The monoisotopic (exact) mass is 337 g/mol. The van der Waals surface area contributed by atoms with E-state index in [2.05, 4.69) is 25.4 Å². The summed E-state index contributed by atoms with van der Waals surface area (Å²) in [5.41, 5.74) is 2.84. The molecule has 0 atom stereocenters. The van der Waals surface area contributed by atoms with Crippen LogP contribution >= 0.6 is 11.6 Å². The second-order valence-corrected chi connectivity index (χ2v) is 5.67. The molecule has 3 heterocycles. The maximum Gasteiger partial charge on any atom is 0.263 e. The van der Waals surface area contributed by atoms with E-state index >= 15 is 0 Å². The molecule has 1 N–H and O–H groups in total. The first-order chi connectivity index (χ1) is 11.7. The summed E-state index contributed by atoms with van der Waals surface area (Å²) >= 11 is 5.96. The van der Waals surface area contributed by atoms with Gasteiger partial charge in [-0.25, -0.2) is 9.97 Å². The molecule has 0 aliphatic rings. The van der Waals surface area contributed by atoms with Crippen LogP contribution in [0.1, 0.15) is 5.69 Å². The van der Waals surface area contributed by atoms with Crippen molar-refractivity contribution in [2.24, 2.45) is 0 Å². The van der Waals surface area contributed by atoms with Gasteiger partial charge in [-0.2, -0.15) is 4.98 Å². The van der Waals surface area contributed by atoms with Crippen molar-refractivity contribution in [3.05, 3.63) is 59.5 Å². The summed E-state index contributed by atoms with van der Waals surface area (Å²) in [7, 11) is 0. The van der Waals surface area contributed by atoms with Crippen LogP contribution in [-0.2, 0) is 0 Å². The van der Waals surface area contributed by atoms with E-state index in [1.807, 2.05) is 37.3 Å². The van der Waals surface area contributed by atoms with Gasteiger partial charge < -0.3 is 9.84 Å². The molecule has 1 aromatic carbocycles. The molecular weight excluding hydrogens is 326 g/mol. The Morgan fingerprint density at radius 3 is 2.67 bits per heavy atom. The Morgan fingerprint density at radius 2 is 1.88 bits per heavy atom. The van der Waals surface area contributed by atoms with Gasteiger partial charge >= 0.3 is 0 Å². The van der Waals surface area contributed by atoms with E-state index in [1.54, 1.807) is 12.1 Å². The van der Waals surface area contributed by atoms with Gasteiger partial charge in [0, 0.05) is 16.3 Å². The van der Waals surface area contributed by atoms with Gasteiger partial charge in [-0.3, -0.25) is 0 Å². The van der Waals surface area contributed by atoms with E-state index in [-0.39, 0.29) is 0 Å². The lowest BCUT2D eigenvalue weighted by Gasteiger charge is -2.06. The average Bonchev–Trinajstić information content (AvgIpc) is 3.01. The molecule has 6 nitrogen and oxygen atoms in total. The Hall–Kier alpha value is -2.99. The molecule has 4 rings (SSSR count). The van der Waals surface area contributed by atoms with Crippen molar-refractivity contribution in [2.45, 2.75) is 6.92 Å². The summed E-state index contributed by atoms with van der Waals surface area (Å²) in [6, 6.07) is 13.1. The Kier molecular flexibility index (Phi) is 3.59. The number of aromatic nitrogens is 4. The molecule has 0 radical (unpaired) electrons. The van der Waals surface area contributed by atoms with Crippen molar-refractivity contribution in [1.82, 2.24) is 20.1 Å². The minimum atomic E-state index is 0.408. The quantitative estimate of drug-likeness (QED) is 0.597. The highest BCUT2D eigenvalue weighted by molar-refractivity contribution is 6.30. The van der Waals surface area contributed by atoms with E-state index in [0.717, 1.165) is 11.3 Å². The molecule has 0 fully saturated rings. The van der Waals surface area contributed by atoms with Crippen molar-refractivity contribution in [1.29, 1.82) is 0 Å². The van der Waals surface area contributed by atoms with E-state index in [9.17, 15) is 0 Å². The largest absolute Gasteiger partial charge is 0.335 e. The standard InChI is InChI=1S/C17H12ClN5O/c1-10-3-2-4-13(21-10)22-16-14-15(11-5-7-12(18)8-6-11)23-24-17(14)20-9-19-16/h2-9H,1H3,(H,19,20,21,22). The molecular formula is C17H12ClN5O. The first-order valence-electron chi connectivity index (χ1n) is 7.28. The number of hydrogen-bond acceptors (Lipinski definition) is 6. The van der Waals surface area contributed by atoms with Crippen LogP contribution in [-0.4, -0.2) is 20.1 Å². The topological polar surface area (TPSA) is 76.7 Å². The molecule has 4 aromatic rings. The molecule has 0 aliphatic heterocycles. The van der Waals surface area contributed by atoms with Gasteiger partial charge in [-0.15, -0.1) is 0 Å². The number of nitrogens with zero attached hydrogens (tertiary/aromatic N) is 4. The number of hydrogen-bond donors (Lipinski definition) is 1. The highest BCUT2D eigenvalue weighted by atomic mass is 35.5. The third-order valence-corrected chi connectivity index (χ3v) is 3.78. The molecule has 118 valence electrons. The predicted octanol–water partition coefficient (Wildman–Crippen LogP) is 4.39. The van der Waals surface area contributed by atoms with Gasteiger partial charge in [0.05, 0.1) is 0 Å². The summed E-state index contributed by atoms with van der Waals surface area (Å²) in [5.74, 6) is 1.28. The van der Waals surface area contributed by atoms with E-state index in [4.69, 9.17) is 16.1 Å². The van der Waals surface area contributed by atoms with Crippen LogP contribution < -0.4 is 5.32 Å². The van der Waals surface area contributed by atoms with Gasteiger partial charge in [0.1, 0.15) is 29.0 Å². The fourth-order valence-corrected chi connectivity index (χ4v) is 2.55. The zero-order chi connectivity index (χ0) is 16.5. The normalized spacial score (nSPS) is 10.9. The summed E-state index contributed by atoms with van der Waals surface area (Å²) in [5, 5.41) is 8.70. The Bertz CT molecular complexity index is 1010. The Morgan fingerprint density at radius 1 is 1.04 bits per heavy atom. The lowest BCUT2D eigenvalue weighted by atomic mass is 10.1. The number of anilines is 2. The Balaban J connectivity index is 1.84. The summed E-state index contributed by atoms with van der Waals surface area (Å²) in [4.78, 5) is 12.9. The number of nitrogens with one attached hydrogen (secondary N) is 1. The molecule has 0 unspecified atom stereocenters. The van der Waals surface area contributed by atoms with Gasteiger partial charge in [0.15, 0.2) is 0 Å². The maximum atomic E-state index is 5.96. The number of rotatable bonds is 3. The van der Waals surface area contributed by atoms with Gasteiger partial charge in [0.2, 0.25) is 0 Å². The molecule has 0 aliphatic carbocycles. The third-order valence-electron chi connectivity index (χ3n) is 3.53. The highest BCUT2D eigenvalue weighted by Gasteiger charge is 2.17. The van der Waals surface area contributed by atoms with E-state index < -0.39 is 0 Å². The van der Waals surface area contributed by atoms with E-state index in [0.29, 0.717) is 33.5 Å². The molecule has 0 amide bonds. The second-order valence-electron chi connectivity index (χ2n) is 5.23. The summed E-state index contributed by atoms with van der Waals surface area (Å²) in [6.45, 7) is 1.93. The van der Waals surface area contributed by atoms with Crippen molar-refractivity contribution in [3.63, 3.8) is 0 Å². The lowest BCUT2D eigenvalue weighted by molar-refractivity contribution is 0.451.